The maximum Gasteiger partial charge on any atom is 0.259 e. The molecule has 1 aromatic carbocycles. The van der Waals surface area contributed by atoms with Gasteiger partial charge in [-0.1, -0.05) is 18.2 Å². The summed E-state index contributed by atoms with van der Waals surface area (Å²) in [5.41, 5.74) is 7.86. The molecule has 19 heavy (non-hydrogen) atoms. The predicted octanol–water partition coefficient (Wildman–Crippen LogP) is 2.64. The maximum absolute atomic E-state index is 12.5. The van der Waals surface area contributed by atoms with Crippen LogP contribution in [-0.4, -0.2) is 17.4 Å². The second kappa shape index (κ2) is 5.52. The standard InChI is InChI=1S/C15H17N3O/c1-3-18(14-9-8-12(16)10-17-14)15(19)13-7-5-4-6-11(13)2/h4-10H,3,16H2,1-2H3. The Labute approximate surface area is 112 Å². The first-order valence-electron chi connectivity index (χ1n) is 6.22. The highest BCUT2D eigenvalue weighted by molar-refractivity contribution is 6.06. The number of nitrogens with two attached hydrogens (primary N) is 1. The van der Waals surface area contributed by atoms with Gasteiger partial charge < -0.3 is 5.73 Å². The molecule has 2 rings (SSSR count). The first-order chi connectivity index (χ1) is 9.13. The molecule has 0 bridgehead atoms. The van der Waals surface area contributed by atoms with Gasteiger partial charge >= 0.3 is 0 Å². The SMILES string of the molecule is CCN(C(=O)c1ccccc1C)c1ccc(N)cn1. The van der Waals surface area contributed by atoms with Crippen molar-refractivity contribution in [3.63, 3.8) is 0 Å². The molecule has 2 N–H and O–H groups in total. The van der Waals surface area contributed by atoms with Crippen LogP contribution in [0.5, 0.6) is 0 Å². The Kier molecular flexibility index (Phi) is 3.80. The average Bonchev–Trinajstić information content (AvgIpc) is 2.42. The Bertz CT molecular complexity index is 578. The van der Waals surface area contributed by atoms with Crippen LogP contribution in [0.3, 0.4) is 0 Å². The number of aryl methyl sites for hydroxylation is 1. The normalized spacial score (nSPS) is 10.2. The molecule has 0 aliphatic heterocycles. The minimum Gasteiger partial charge on any atom is -0.397 e. The van der Waals surface area contributed by atoms with E-state index in [9.17, 15) is 4.79 Å². The molecule has 0 unspecified atom stereocenters. The van der Waals surface area contributed by atoms with Crippen molar-refractivity contribution < 1.29 is 4.79 Å². The summed E-state index contributed by atoms with van der Waals surface area (Å²) in [6.07, 6.45) is 1.56. The minimum atomic E-state index is -0.0436. The van der Waals surface area contributed by atoms with Gasteiger partial charge in [0.25, 0.3) is 5.91 Å². The van der Waals surface area contributed by atoms with E-state index < -0.39 is 0 Å². The summed E-state index contributed by atoms with van der Waals surface area (Å²) in [5, 5.41) is 0. The minimum absolute atomic E-state index is 0.0436. The third kappa shape index (κ3) is 2.73. The molecule has 0 saturated carbocycles. The van der Waals surface area contributed by atoms with Crippen LogP contribution in [0, 0.1) is 6.92 Å². The molecule has 1 amide bonds. The lowest BCUT2D eigenvalue weighted by molar-refractivity contribution is 0.0987. The molecular formula is C15H17N3O. The first kappa shape index (κ1) is 13.1. The van der Waals surface area contributed by atoms with E-state index in [1.165, 1.54) is 0 Å². The number of carbonyl (C=O) groups excluding carboxylic acids is 1. The summed E-state index contributed by atoms with van der Waals surface area (Å²) >= 11 is 0. The second-order valence-corrected chi connectivity index (χ2v) is 4.31. The fraction of sp³-hybridized carbons (Fsp3) is 0.200. The van der Waals surface area contributed by atoms with Crippen molar-refractivity contribution in [3.8, 4) is 0 Å². The molecule has 4 nitrogen and oxygen atoms in total. The van der Waals surface area contributed by atoms with Crippen LogP contribution in [0.2, 0.25) is 0 Å². The van der Waals surface area contributed by atoms with Crippen LogP contribution in [0.4, 0.5) is 11.5 Å². The molecule has 0 saturated heterocycles. The molecular weight excluding hydrogens is 238 g/mol. The first-order valence-corrected chi connectivity index (χ1v) is 6.22. The number of aromatic nitrogens is 1. The van der Waals surface area contributed by atoms with Gasteiger partial charge in [-0.15, -0.1) is 0 Å². The number of benzene rings is 1. The van der Waals surface area contributed by atoms with Gasteiger partial charge in [0.15, 0.2) is 0 Å². The zero-order chi connectivity index (χ0) is 13.8. The number of rotatable bonds is 3. The van der Waals surface area contributed by atoms with E-state index >= 15 is 0 Å². The number of hydrogen-bond donors (Lipinski definition) is 1. The number of anilines is 2. The van der Waals surface area contributed by atoms with Crippen molar-refractivity contribution in [2.24, 2.45) is 0 Å². The molecule has 0 atom stereocenters. The molecule has 2 aromatic rings. The summed E-state index contributed by atoms with van der Waals surface area (Å²) in [5.74, 6) is 0.572. The summed E-state index contributed by atoms with van der Waals surface area (Å²) < 4.78 is 0. The number of nitrogens with zero attached hydrogens (tertiary/aromatic N) is 2. The number of pyridine rings is 1. The third-order valence-corrected chi connectivity index (χ3v) is 2.98. The highest BCUT2D eigenvalue weighted by atomic mass is 16.2. The van der Waals surface area contributed by atoms with Gasteiger partial charge in [-0.3, -0.25) is 9.69 Å². The Balaban J connectivity index is 2.35. The van der Waals surface area contributed by atoms with Crippen molar-refractivity contribution in [1.82, 2.24) is 4.98 Å². The molecule has 1 heterocycles. The molecule has 4 heteroatoms. The molecule has 0 fully saturated rings. The van der Waals surface area contributed by atoms with E-state index in [4.69, 9.17) is 5.73 Å². The largest absolute Gasteiger partial charge is 0.397 e. The van der Waals surface area contributed by atoms with Crippen LogP contribution in [0.25, 0.3) is 0 Å². The van der Waals surface area contributed by atoms with Crippen LogP contribution in [0.1, 0.15) is 22.8 Å². The van der Waals surface area contributed by atoms with Crippen molar-refractivity contribution in [2.75, 3.05) is 17.2 Å². The molecule has 1 aromatic heterocycles. The van der Waals surface area contributed by atoms with Crippen molar-refractivity contribution >= 4 is 17.4 Å². The molecule has 0 radical (unpaired) electrons. The summed E-state index contributed by atoms with van der Waals surface area (Å²) in [6, 6.07) is 11.1. The quantitative estimate of drug-likeness (QED) is 0.917. The lowest BCUT2D eigenvalue weighted by atomic mass is 10.1. The average molecular weight is 255 g/mol. The summed E-state index contributed by atoms with van der Waals surface area (Å²) in [4.78, 5) is 18.4. The number of hydrogen-bond acceptors (Lipinski definition) is 3. The van der Waals surface area contributed by atoms with Crippen LogP contribution in [-0.2, 0) is 0 Å². The van der Waals surface area contributed by atoms with Crippen LogP contribution < -0.4 is 10.6 Å². The van der Waals surface area contributed by atoms with Gasteiger partial charge in [0.2, 0.25) is 0 Å². The molecule has 0 spiro atoms. The van der Waals surface area contributed by atoms with Gasteiger partial charge in [-0.2, -0.15) is 0 Å². The van der Waals surface area contributed by atoms with Gasteiger partial charge in [-0.25, -0.2) is 4.98 Å². The monoisotopic (exact) mass is 255 g/mol. The number of amides is 1. The Morgan fingerprint density at radius 3 is 2.58 bits per heavy atom. The van der Waals surface area contributed by atoms with Gasteiger partial charge in [0.1, 0.15) is 5.82 Å². The zero-order valence-corrected chi connectivity index (χ0v) is 11.1. The van der Waals surface area contributed by atoms with Crippen molar-refractivity contribution in [3.05, 3.63) is 53.7 Å². The van der Waals surface area contributed by atoms with E-state index in [1.54, 1.807) is 23.2 Å². The molecule has 0 aliphatic carbocycles. The maximum atomic E-state index is 12.5. The lowest BCUT2D eigenvalue weighted by Crippen LogP contribution is -2.31. The van der Waals surface area contributed by atoms with Gasteiger partial charge in [0.05, 0.1) is 11.9 Å². The zero-order valence-electron chi connectivity index (χ0n) is 11.1. The van der Waals surface area contributed by atoms with Crippen LogP contribution >= 0.6 is 0 Å². The van der Waals surface area contributed by atoms with Crippen LogP contribution in [0.15, 0.2) is 42.6 Å². The van der Waals surface area contributed by atoms with Gasteiger partial charge in [0, 0.05) is 12.1 Å². The van der Waals surface area contributed by atoms with E-state index in [2.05, 4.69) is 4.98 Å². The van der Waals surface area contributed by atoms with E-state index in [0.717, 1.165) is 5.56 Å². The van der Waals surface area contributed by atoms with E-state index in [-0.39, 0.29) is 5.91 Å². The van der Waals surface area contributed by atoms with Crippen molar-refractivity contribution in [1.29, 1.82) is 0 Å². The second-order valence-electron chi connectivity index (χ2n) is 4.31. The summed E-state index contributed by atoms with van der Waals surface area (Å²) in [7, 11) is 0. The predicted molar refractivity (Wildman–Crippen MR) is 77.2 cm³/mol. The fourth-order valence-corrected chi connectivity index (χ4v) is 1.93. The Morgan fingerprint density at radius 2 is 2.00 bits per heavy atom. The highest BCUT2D eigenvalue weighted by Gasteiger charge is 2.18. The fourth-order valence-electron chi connectivity index (χ4n) is 1.93. The topological polar surface area (TPSA) is 59.2 Å². The third-order valence-electron chi connectivity index (χ3n) is 2.98. The van der Waals surface area contributed by atoms with E-state index in [1.807, 2.05) is 38.1 Å². The molecule has 0 aliphatic rings. The summed E-state index contributed by atoms with van der Waals surface area (Å²) in [6.45, 7) is 4.41. The Morgan fingerprint density at radius 1 is 1.26 bits per heavy atom. The van der Waals surface area contributed by atoms with E-state index in [0.29, 0.717) is 23.6 Å². The highest BCUT2D eigenvalue weighted by Crippen LogP contribution is 2.17. The Hall–Kier alpha value is -2.36. The number of nitrogen functional groups attached to an aromatic ring is 1. The lowest BCUT2D eigenvalue weighted by Gasteiger charge is -2.20. The van der Waals surface area contributed by atoms with Crippen molar-refractivity contribution in [2.45, 2.75) is 13.8 Å². The molecule has 98 valence electrons. The smallest absolute Gasteiger partial charge is 0.259 e. The number of carbonyl (C=O) groups is 1. The van der Waals surface area contributed by atoms with Gasteiger partial charge in [-0.05, 0) is 37.6 Å².